The number of rotatable bonds is 20. The summed E-state index contributed by atoms with van der Waals surface area (Å²) in [4.78, 5) is 45.5. The second-order valence-electron chi connectivity index (χ2n) is 16.3. The Morgan fingerprint density at radius 1 is 0.810 bits per heavy atom. The Morgan fingerprint density at radius 2 is 1.49 bits per heavy atom. The third-order valence-electron chi connectivity index (χ3n) is 11.8. The quantitative estimate of drug-likeness (QED) is 0.0561. The van der Waals surface area contributed by atoms with E-state index >= 15 is 0 Å². The van der Waals surface area contributed by atoms with Gasteiger partial charge < -0.3 is 34.7 Å². The number of anilines is 1. The number of nitrogens with zero attached hydrogens (tertiary/aromatic N) is 2. The van der Waals surface area contributed by atoms with Crippen LogP contribution in [0.25, 0.3) is 22.0 Å². The number of aliphatic hydroxyl groups is 1. The summed E-state index contributed by atoms with van der Waals surface area (Å²) in [6, 6.07) is 44.3. The zero-order valence-corrected chi connectivity index (χ0v) is 36.1. The van der Waals surface area contributed by atoms with E-state index in [4.69, 9.17) is 9.47 Å². The Bertz CT molecular complexity index is 2420. The molecule has 1 saturated heterocycles. The number of ether oxygens (including phenoxy) is 2. The second-order valence-corrected chi connectivity index (χ2v) is 16.3. The van der Waals surface area contributed by atoms with Crippen molar-refractivity contribution in [3.05, 3.63) is 167 Å². The van der Waals surface area contributed by atoms with Gasteiger partial charge in [-0.3, -0.25) is 14.9 Å². The summed E-state index contributed by atoms with van der Waals surface area (Å²) in [5, 5.41) is 19.2. The van der Waals surface area contributed by atoms with Crippen LogP contribution >= 0.6 is 0 Å². The minimum Gasteiger partial charge on any atom is -0.487 e. The lowest BCUT2D eigenvalue weighted by Gasteiger charge is -2.32. The van der Waals surface area contributed by atoms with Gasteiger partial charge in [0.25, 0.3) is 0 Å². The molecule has 2 atom stereocenters. The summed E-state index contributed by atoms with van der Waals surface area (Å²) in [5.74, 6) is 0.679. The van der Waals surface area contributed by atoms with Gasteiger partial charge in [0, 0.05) is 62.7 Å². The number of nitrogens with one attached hydrogen (secondary N) is 3. The standard InChI is InChI=1S/C52H59N5O6/c1-56(34-35-57-32-29-41(30-33-57)63-52(61)54-45-23-14-13-22-42(45)40-20-10-4-11-21-40)49(59)24-12-5-15-31-53-46(36-38-16-6-2-7-17-38)51(60)44-25-27-47(50-43(44)26-28-48(58)55-50)62-37-39-18-8-3-9-19-39/h2-4,6-11,13-14,16-23,25-28,41,46,51,53,60H,5,12,15,24,29-37H2,1H3,(H,54,61)(H,55,58)/t46?,51-/m1/s1. The van der Waals surface area contributed by atoms with Crippen LogP contribution in [0.5, 0.6) is 5.75 Å². The van der Waals surface area contributed by atoms with Gasteiger partial charge in [0.2, 0.25) is 11.5 Å². The molecule has 0 radical (unpaired) electrons. The van der Waals surface area contributed by atoms with Crippen molar-refractivity contribution in [1.82, 2.24) is 20.1 Å². The first-order chi connectivity index (χ1) is 30.8. The Hall–Kier alpha value is -6.27. The summed E-state index contributed by atoms with van der Waals surface area (Å²) < 4.78 is 12.0. The Labute approximate surface area is 370 Å². The number of unbranched alkanes of at least 4 members (excludes halogenated alkanes) is 2. The number of aromatic nitrogens is 1. The van der Waals surface area contributed by atoms with Gasteiger partial charge in [-0.1, -0.05) is 122 Å². The number of fused-ring (bicyclic) bond motifs is 1. The zero-order chi connectivity index (χ0) is 43.8. The van der Waals surface area contributed by atoms with Crippen LogP contribution in [0.15, 0.2) is 144 Å². The first kappa shape index (κ1) is 44.8. The molecule has 1 aliphatic rings. The molecule has 5 aromatic carbocycles. The Morgan fingerprint density at radius 3 is 2.24 bits per heavy atom. The predicted molar refractivity (Wildman–Crippen MR) is 250 cm³/mol. The van der Waals surface area contributed by atoms with Crippen molar-refractivity contribution in [2.75, 3.05) is 45.1 Å². The average molecular weight is 850 g/mol. The van der Waals surface area contributed by atoms with E-state index in [1.165, 1.54) is 6.07 Å². The average Bonchev–Trinajstić information content (AvgIpc) is 3.31. The van der Waals surface area contributed by atoms with Gasteiger partial charge in [-0.2, -0.15) is 0 Å². The lowest BCUT2D eigenvalue weighted by molar-refractivity contribution is -0.130. The van der Waals surface area contributed by atoms with Gasteiger partial charge in [-0.05, 0) is 79.1 Å². The van der Waals surface area contributed by atoms with Gasteiger partial charge in [0.15, 0.2) is 0 Å². The number of benzene rings is 5. The van der Waals surface area contributed by atoms with Crippen LogP contribution in [0.3, 0.4) is 0 Å². The molecule has 1 fully saturated rings. The fourth-order valence-electron chi connectivity index (χ4n) is 8.22. The number of carbonyl (C=O) groups is 2. The molecule has 1 aliphatic heterocycles. The zero-order valence-electron chi connectivity index (χ0n) is 36.1. The highest BCUT2D eigenvalue weighted by molar-refractivity contribution is 5.91. The monoisotopic (exact) mass is 849 g/mol. The summed E-state index contributed by atoms with van der Waals surface area (Å²) in [7, 11) is 1.87. The number of hydrogen-bond acceptors (Lipinski definition) is 8. The van der Waals surface area contributed by atoms with E-state index in [2.05, 4.69) is 32.7 Å². The SMILES string of the molecule is CN(CCN1CCC(OC(=O)Nc2ccccc2-c2ccccc2)CC1)C(=O)CCCCCNC(Cc1ccccc1)[C@H](O)c1ccc(OCc2ccccc2)c2[nH]c(=O)ccc12. The van der Waals surface area contributed by atoms with Gasteiger partial charge >= 0.3 is 6.09 Å². The highest BCUT2D eigenvalue weighted by Crippen LogP contribution is 2.33. The fraction of sp³-hybridized carbons (Fsp3) is 0.327. The van der Waals surface area contributed by atoms with E-state index in [1.54, 1.807) is 6.07 Å². The van der Waals surface area contributed by atoms with Gasteiger partial charge in [-0.25, -0.2) is 4.79 Å². The lowest BCUT2D eigenvalue weighted by atomic mass is 9.93. The smallest absolute Gasteiger partial charge is 0.411 e. The van der Waals surface area contributed by atoms with E-state index in [-0.39, 0.29) is 23.6 Å². The largest absolute Gasteiger partial charge is 0.487 e. The van der Waals surface area contributed by atoms with Crippen LogP contribution in [-0.2, 0) is 22.6 Å². The van der Waals surface area contributed by atoms with E-state index in [0.29, 0.717) is 49.4 Å². The topological polar surface area (TPSA) is 136 Å². The maximum Gasteiger partial charge on any atom is 0.411 e. The number of piperidine rings is 1. The molecule has 1 aromatic heterocycles. The third-order valence-corrected chi connectivity index (χ3v) is 11.8. The third kappa shape index (κ3) is 12.9. The highest BCUT2D eigenvalue weighted by Gasteiger charge is 2.25. The molecule has 0 saturated carbocycles. The van der Waals surface area contributed by atoms with Crippen molar-refractivity contribution in [3.63, 3.8) is 0 Å². The molecule has 6 aromatic rings. The number of aromatic amines is 1. The molecule has 0 spiro atoms. The van der Waals surface area contributed by atoms with Crippen LogP contribution in [0.1, 0.15) is 61.3 Å². The minimum atomic E-state index is -0.872. The molecule has 2 heterocycles. The molecule has 1 unspecified atom stereocenters. The van der Waals surface area contributed by atoms with Gasteiger partial charge in [0.1, 0.15) is 18.5 Å². The van der Waals surface area contributed by atoms with Crippen molar-refractivity contribution in [2.24, 2.45) is 0 Å². The fourth-order valence-corrected chi connectivity index (χ4v) is 8.22. The summed E-state index contributed by atoms with van der Waals surface area (Å²) in [6.07, 6.45) is 3.61. The molecular formula is C52H59N5O6. The molecule has 63 heavy (non-hydrogen) atoms. The molecule has 11 heteroatoms. The molecule has 7 rings (SSSR count). The van der Waals surface area contributed by atoms with E-state index in [1.807, 2.05) is 127 Å². The molecule has 2 amide bonds. The lowest BCUT2D eigenvalue weighted by Crippen LogP contribution is -2.42. The number of likely N-dealkylation sites (N-methyl/N-ethyl adjacent to an activating group) is 1. The second kappa shape index (κ2) is 22.7. The van der Waals surface area contributed by atoms with Crippen molar-refractivity contribution in [2.45, 2.75) is 69.8 Å². The number of carbonyl (C=O) groups excluding carboxylic acids is 2. The molecule has 0 bridgehead atoms. The summed E-state index contributed by atoms with van der Waals surface area (Å²) in [5.41, 5.74) is 5.83. The molecular weight excluding hydrogens is 791 g/mol. The molecule has 0 aliphatic carbocycles. The first-order valence-corrected chi connectivity index (χ1v) is 22.2. The van der Waals surface area contributed by atoms with Crippen LogP contribution in [0.2, 0.25) is 0 Å². The first-order valence-electron chi connectivity index (χ1n) is 22.2. The maximum absolute atomic E-state index is 13.1. The number of likely N-dealkylation sites (tertiary alicyclic amines) is 1. The predicted octanol–water partition coefficient (Wildman–Crippen LogP) is 8.74. The molecule has 11 nitrogen and oxygen atoms in total. The van der Waals surface area contributed by atoms with Crippen LogP contribution < -0.4 is 20.9 Å². The van der Waals surface area contributed by atoms with Gasteiger partial charge in [-0.15, -0.1) is 0 Å². The van der Waals surface area contributed by atoms with Crippen molar-refractivity contribution in [3.8, 4) is 16.9 Å². The highest BCUT2D eigenvalue weighted by atomic mass is 16.6. The number of para-hydroxylation sites is 1. The van der Waals surface area contributed by atoms with Crippen LogP contribution in [-0.4, -0.2) is 83.8 Å². The summed E-state index contributed by atoms with van der Waals surface area (Å²) in [6.45, 7) is 4.05. The normalized spacial score (nSPS) is 14.2. The molecule has 328 valence electrons. The minimum absolute atomic E-state index is 0.132. The van der Waals surface area contributed by atoms with Crippen LogP contribution in [0, 0.1) is 0 Å². The van der Waals surface area contributed by atoms with Crippen molar-refractivity contribution in [1.29, 1.82) is 0 Å². The maximum atomic E-state index is 13.1. The summed E-state index contributed by atoms with van der Waals surface area (Å²) >= 11 is 0. The van der Waals surface area contributed by atoms with E-state index < -0.39 is 12.2 Å². The Balaban J connectivity index is 0.832. The number of H-pyrrole nitrogens is 1. The number of hydrogen-bond donors (Lipinski definition) is 4. The molecule has 4 N–H and O–H groups in total. The number of pyridine rings is 1. The van der Waals surface area contributed by atoms with E-state index in [0.717, 1.165) is 85.1 Å². The van der Waals surface area contributed by atoms with Crippen molar-refractivity contribution < 1.29 is 24.2 Å². The van der Waals surface area contributed by atoms with Crippen LogP contribution in [0.4, 0.5) is 10.5 Å². The van der Waals surface area contributed by atoms with Crippen molar-refractivity contribution >= 4 is 28.6 Å². The Kier molecular flexibility index (Phi) is 16.1. The van der Waals surface area contributed by atoms with Gasteiger partial charge in [0.05, 0.1) is 17.3 Å². The van der Waals surface area contributed by atoms with E-state index in [9.17, 15) is 19.5 Å². The number of aliphatic hydroxyl groups excluding tert-OH is 1. The number of amides is 2.